The molecule has 9 rings (SSSR count). The van der Waals surface area contributed by atoms with Gasteiger partial charge in [0.05, 0.1) is 22.2 Å². The molecule has 0 amide bonds. The molecule has 0 aliphatic heterocycles. The molecular weight excluding hydrogens is 607 g/mol. The summed E-state index contributed by atoms with van der Waals surface area (Å²) in [5.41, 5.74) is 9.65. The Morgan fingerprint density at radius 1 is 0.380 bits per heavy atom. The van der Waals surface area contributed by atoms with Crippen LogP contribution in [-0.2, 0) is 0 Å². The summed E-state index contributed by atoms with van der Waals surface area (Å²) in [5, 5.41) is 1.69. The maximum Gasteiger partial charge on any atom is 0.137 e. The van der Waals surface area contributed by atoms with Gasteiger partial charge in [-0.1, -0.05) is 164 Å². The number of benzene rings is 8. The Morgan fingerprint density at radius 3 is 1.62 bits per heavy atom. The van der Waals surface area contributed by atoms with Crippen LogP contribution in [0.2, 0.25) is 0 Å². The number of anilines is 3. The summed E-state index contributed by atoms with van der Waals surface area (Å²) in [5.74, 6) is 0. The number of fused-ring (bicyclic) bond motifs is 3. The van der Waals surface area contributed by atoms with Crippen LogP contribution in [0.4, 0.5) is 17.1 Å². The number of rotatable bonds is 7. The van der Waals surface area contributed by atoms with Gasteiger partial charge in [-0.3, -0.25) is 0 Å². The van der Waals surface area contributed by atoms with Gasteiger partial charge in [-0.25, -0.2) is 0 Å². The molecule has 0 N–H and O–H groups in total. The van der Waals surface area contributed by atoms with E-state index in [1.807, 2.05) is 138 Å². The van der Waals surface area contributed by atoms with Crippen LogP contribution in [-0.4, -0.2) is 0 Å². The highest BCUT2D eigenvalue weighted by Gasteiger charge is 2.25. The number of furan rings is 1. The van der Waals surface area contributed by atoms with Crippen LogP contribution in [0.1, 0.15) is 5.48 Å². The lowest BCUT2D eigenvalue weighted by molar-refractivity contribution is 0.669. The van der Waals surface area contributed by atoms with Crippen molar-refractivity contribution >= 4 is 39.0 Å². The van der Waals surface area contributed by atoms with Crippen molar-refractivity contribution in [2.24, 2.45) is 0 Å². The molecule has 0 atom stereocenters. The van der Waals surface area contributed by atoms with Crippen molar-refractivity contribution in [1.82, 2.24) is 0 Å². The first-order chi connectivity index (χ1) is 26.5. The Morgan fingerprint density at radius 2 is 0.900 bits per heavy atom. The van der Waals surface area contributed by atoms with Crippen LogP contribution in [0.25, 0.3) is 66.4 Å². The van der Waals surface area contributed by atoms with Gasteiger partial charge < -0.3 is 9.32 Å². The minimum absolute atomic E-state index is 0.114. The monoisotopic (exact) mass is 643 g/mol. The van der Waals surface area contributed by atoms with E-state index in [-0.39, 0.29) is 35.4 Å². The molecule has 0 bridgehead atoms. The Labute approximate surface area is 297 Å². The number of para-hydroxylation sites is 1. The van der Waals surface area contributed by atoms with Crippen molar-refractivity contribution < 1.29 is 9.90 Å². The van der Waals surface area contributed by atoms with E-state index in [1.165, 1.54) is 0 Å². The predicted octanol–water partition coefficient (Wildman–Crippen LogP) is 13.7. The van der Waals surface area contributed by atoms with Crippen LogP contribution in [0.5, 0.6) is 0 Å². The highest BCUT2D eigenvalue weighted by Crippen LogP contribution is 2.50. The highest BCUT2D eigenvalue weighted by molar-refractivity contribution is 6.14. The molecule has 0 radical (unpaired) electrons. The van der Waals surface area contributed by atoms with Gasteiger partial charge in [0, 0.05) is 16.6 Å². The molecular formula is C48H33NO. The first-order valence-corrected chi connectivity index (χ1v) is 16.7. The SMILES string of the molecule is [2H]c1c([2H])c(N(c2cccc(-c3ccccc3)c2-c2ccccc2-c2ccccc2)c2cccc3oc4ccccc4c23)c([2H])c([2H])c1-c1ccccc1. The van der Waals surface area contributed by atoms with Crippen LogP contribution in [0, 0.1) is 0 Å². The smallest absolute Gasteiger partial charge is 0.137 e. The number of hydrogen-bond donors (Lipinski definition) is 0. The third kappa shape index (κ3) is 5.24. The van der Waals surface area contributed by atoms with Gasteiger partial charge >= 0.3 is 0 Å². The lowest BCUT2D eigenvalue weighted by atomic mass is 9.87. The van der Waals surface area contributed by atoms with Gasteiger partial charge in [-0.2, -0.15) is 0 Å². The van der Waals surface area contributed by atoms with Gasteiger partial charge in [0.25, 0.3) is 0 Å². The molecule has 2 heteroatoms. The fourth-order valence-electron chi connectivity index (χ4n) is 6.92. The minimum atomic E-state index is -0.146. The topological polar surface area (TPSA) is 16.4 Å². The lowest BCUT2D eigenvalue weighted by Gasteiger charge is -2.30. The molecule has 50 heavy (non-hydrogen) atoms. The number of nitrogens with zero attached hydrogens (tertiary/aromatic N) is 1. The Balaban J connectivity index is 1.44. The van der Waals surface area contributed by atoms with E-state index in [2.05, 4.69) is 42.5 Å². The fourth-order valence-corrected chi connectivity index (χ4v) is 6.92. The molecule has 9 aromatic rings. The second kappa shape index (κ2) is 12.8. The van der Waals surface area contributed by atoms with Crippen LogP contribution < -0.4 is 4.90 Å². The zero-order valence-corrected chi connectivity index (χ0v) is 27.1. The zero-order valence-electron chi connectivity index (χ0n) is 31.1. The van der Waals surface area contributed by atoms with E-state index < -0.39 is 0 Å². The normalized spacial score (nSPS) is 12.3. The van der Waals surface area contributed by atoms with E-state index in [1.54, 1.807) is 0 Å². The summed E-state index contributed by atoms with van der Waals surface area (Å²) < 4.78 is 44.6. The zero-order chi connectivity index (χ0) is 36.8. The van der Waals surface area contributed by atoms with E-state index in [9.17, 15) is 5.48 Å². The lowest BCUT2D eigenvalue weighted by Crippen LogP contribution is -2.12. The maximum absolute atomic E-state index is 9.70. The maximum atomic E-state index is 9.70. The second-order valence-electron chi connectivity index (χ2n) is 12.2. The van der Waals surface area contributed by atoms with Crippen molar-refractivity contribution in [1.29, 1.82) is 0 Å². The summed E-state index contributed by atoms with van der Waals surface area (Å²) in [4.78, 5) is 1.92. The van der Waals surface area contributed by atoms with Crippen LogP contribution in [0.15, 0.2) is 205 Å². The van der Waals surface area contributed by atoms with E-state index in [4.69, 9.17) is 4.42 Å². The molecule has 0 spiro atoms. The molecule has 0 unspecified atom stereocenters. The van der Waals surface area contributed by atoms with Crippen LogP contribution >= 0.6 is 0 Å². The van der Waals surface area contributed by atoms with Gasteiger partial charge in [0.15, 0.2) is 0 Å². The predicted molar refractivity (Wildman–Crippen MR) is 210 cm³/mol. The van der Waals surface area contributed by atoms with Gasteiger partial charge in [-0.05, 0) is 75.3 Å². The van der Waals surface area contributed by atoms with Crippen molar-refractivity contribution in [3.05, 3.63) is 200 Å². The molecule has 1 aromatic heterocycles. The van der Waals surface area contributed by atoms with Gasteiger partial charge in [0.2, 0.25) is 0 Å². The van der Waals surface area contributed by atoms with E-state index in [0.29, 0.717) is 28.1 Å². The quantitative estimate of drug-likeness (QED) is 0.172. The molecule has 0 fully saturated rings. The van der Waals surface area contributed by atoms with E-state index >= 15 is 0 Å². The Hall–Kier alpha value is -6.64. The van der Waals surface area contributed by atoms with Crippen molar-refractivity contribution in [3.8, 4) is 44.5 Å². The van der Waals surface area contributed by atoms with Gasteiger partial charge in [0.1, 0.15) is 11.2 Å². The first kappa shape index (κ1) is 25.4. The molecule has 0 saturated carbocycles. The summed E-state index contributed by atoms with van der Waals surface area (Å²) in [7, 11) is 0. The summed E-state index contributed by atoms with van der Waals surface area (Å²) >= 11 is 0. The Bertz CT molecular complexity index is 2790. The summed E-state index contributed by atoms with van der Waals surface area (Å²) in [6.07, 6.45) is 0. The summed E-state index contributed by atoms with van der Waals surface area (Å²) in [6.45, 7) is 0. The van der Waals surface area contributed by atoms with Crippen molar-refractivity contribution in [2.75, 3.05) is 4.90 Å². The average molecular weight is 644 g/mol. The third-order valence-corrected chi connectivity index (χ3v) is 9.17. The molecule has 2 nitrogen and oxygen atoms in total. The molecule has 0 aliphatic rings. The molecule has 0 saturated heterocycles. The summed E-state index contributed by atoms with van der Waals surface area (Å²) in [6, 6.07) is 57.3. The Kier molecular flexibility index (Phi) is 6.48. The van der Waals surface area contributed by atoms with Crippen LogP contribution in [0.3, 0.4) is 0 Å². The standard InChI is InChI=1S/C48H33NO/c1-4-16-34(17-5-1)35-30-32-38(33-31-35)49(44-27-15-29-46-48(44)42-24-12-13-28-45(42)50-46)43-26-14-25-40(37-20-8-3-9-21-37)47(43)41-23-11-10-22-39(41)36-18-6-2-7-19-36/h1-33H/i30D,31D,32D,33D. The highest BCUT2D eigenvalue weighted by atomic mass is 16.3. The average Bonchev–Trinajstić information content (AvgIpc) is 3.62. The first-order valence-electron chi connectivity index (χ1n) is 18.7. The third-order valence-electron chi connectivity index (χ3n) is 9.17. The second-order valence-corrected chi connectivity index (χ2v) is 12.2. The molecule has 1 heterocycles. The van der Waals surface area contributed by atoms with Crippen molar-refractivity contribution in [3.63, 3.8) is 0 Å². The number of hydrogen-bond acceptors (Lipinski definition) is 2. The molecule has 236 valence electrons. The molecule has 0 aliphatic carbocycles. The fraction of sp³-hybridized carbons (Fsp3) is 0. The van der Waals surface area contributed by atoms with Crippen molar-refractivity contribution in [2.45, 2.75) is 0 Å². The van der Waals surface area contributed by atoms with Gasteiger partial charge in [-0.15, -0.1) is 0 Å². The minimum Gasteiger partial charge on any atom is -0.456 e. The van der Waals surface area contributed by atoms with E-state index in [0.717, 1.165) is 44.2 Å². The largest absolute Gasteiger partial charge is 0.456 e. The molecule has 8 aromatic carbocycles.